The Bertz CT molecular complexity index is 163. The van der Waals surface area contributed by atoms with E-state index in [0.717, 1.165) is 0 Å². The largest absolute Gasteiger partial charge is 0.466 e. The van der Waals surface area contributed by atoms with Crippen LogP contribution in [0, 0.1) is 0 Å². The number of carbonyl (C=O) groups excluding carboxylic acids is 1. The molecule has 0 radical (unpaired) electrons. The molecule has 0 fully saturated rings. The molecule has 0 aliphatic carbocycles. The van der Waals surface area contributed by atoms with Gasteiger partial charge in [-0.05, 0) is 33.5 Å². The van der Waals surface area contributed by atoms with Gasteiger partial charge in [-0.15, -0.1) is 0 Å². The van der Waals surface area contributed by atoms with Gasteiger partial charge in [0, 0.05) is 0 Å². The van der Waals surface area contributed by atoms with E-state index in [-0.39, 0.29) is 12.1 Å². The average Bonchev–Trinajstić information content (AvgIpc) is 1.81. The smallest absolute Gasteiger partial charge is 0.308 e. The molecule has 0 N–H and O–H groups in total. The lowest BCUT2D eigenvalue weighted by molar-refractivity contribution is -0.144. The fraction of sp³-hybridized carbons (Fsp3) is 0.889. The van der Waals surface area contributed by atoms with E-state index in [1.165, 1.54) is 0 Å². The van der Waals surface area contributed by atoms with Crippen LogP contribution in [-0.4, -0.2) is 27.0 Å². The Morgan fingerprint density at radius 2 is 1.92 bits per heavy atom. The SMILES string of the molecule is CCOC(=O)C[C@H](C)O[Si](C)(C)C. The predicted molar refractivity (Wildman–Crippen MR) is 55.1 cm³/mol. The van der Waals surface area contributed by atoms with Gasteiger partial charge in [0.15, 0.2) is 8.32 Å². The molecule has 4 heteroatoms. The van der Waals surface area contributed by atoms with Crippen molar-refractivity contribution in [2.24, 2.45) is 0 Å². The van der Waals surface area contributed by atoms with E-state index in [0.29, 0.717) is 13.0 Å². The fourth-order valence-corrected chi connectivity index (χ4v) is 2.39. The molecule has 0 spiro atoms. The Morgan fingerprint density at radius 3 is 2.31 bits per heavy atom. The van der Waals surface area contributed by atoms with Crippen LogP contribution < -0.4 is 0 Å². The summed E-state index contributed by atoms with van der Waals surface area (Å²) in [6.07, 6.45) is 0.337. The lowest BCUT2D eigenvalue weighted by Crippen LogP contribution is -2.32. The van der Waals surface area contributed by atoms with Gasteiger partial charge in [-0.2, -0.15) is 0 Å². The first-order chi connectivity index (χ1) is 5.85. The first kappa shape index (κ1) is 12.6. The van der Waals surface area contributed by atoms with Gasteiger partial charge >= 0.3 is 5.97 Å². The molecule has 0 saturated carbocycles. The molecule has 78 valence electrons. The molecule has 0 aromatic rings. The minimum atomic E-state index is -1.52. The van der Waals surface area contributed by atoms with Crippen molar-refractivity contribution in [2.75, 3.05) is 6.61 Å². The molecular weight excluding hydrogens is 184 g/mol. The molecule has 0 aromatic heterocycles. The lowest BCUT2D eigenvalue weighted by Gasteiger charge is -2.22. The molecule has 0 aliphatic rings. The lowest BCUT2D eigenvalue weighted by atomic mass is 10.3. The van der Waals surface area contributed by atoms with E-state index in [1.54, 1.807) is 0 Å². The van der Waals surface area contributed by atoms with Crippen LogP contribution in [0.3, 0.4) is 0 Å². The van der Waals surface area contributed by atoms with Crippen molar-refractivity contribution in [3.05, 3.63) is 0 Å². The van der Waals surface area contributed by atoms with Crippen LogP contribution in [0.25, 0.3) is 0 Å². The number of hydrogen-bond acceptors (Lipinski definition) is 3. The number of ether oxygens (including phenoxy) is 1. The van der Waals surface area contributed by atoms with Gasteiger partial charge in [0.2, 0.25) is 0 Å². The maximum Gasteiger partial charge on any atom is 0.308 e. The fourth-order valence-electron chi connectivity index (χ4n) is 1.10. The van der Waals surface area contributed by atoms with Gasteiger partial charge in [-0.1, -0.05) is 0 Å². The zero-order chi connectivity index (χ0) is 10.5. The Kier molecular flexibility index (Phi) is 5.25. The van der Waals surface area contributed by atoms with Gasteiger partial charge in [-0.3, -0.25) is 4.79 Å². The highest BCUT2D eigenvalue weighted by atomic mass is 28.4. The molecular formula is C9H20O3Si. The summed E-state index contributed by atoms with van der Waals surface area (Å²) >= 11 is 0. The second kappa shape index (κ2) is 5.39. The summed E-state index contributed by atoms with van der Waals surface area (Å²) in [5, 5.41) is 0. The molecule has 1 atom stereocenters. The van der Waals surface area contributed by atoms with Gasteiger partial charge in [0.1, 0.15) is 0 Å². The van der Waals surface area contributed by atoms with Crippen LogP contribution in [0.15, 0.2) is 0 Å². The topological polar surface area (TPSA) is 35.5 Å². The van der Waals surface area contributed by atoms with E-state index in [2.05, 4.69) is 19.6 Å². The third-order valence-electron chi connectivity index (χ3n) is 1.31. The predicted octanol–water partition coefficient (Wildman–Crippen LogP) is 2.18. The normalized spacial score (nSPS) is 13.9. The summed E-state index contributed by atoms with van der Waals surface area (Å²) in [6.45, 7) is 10.5. The van der Waals surface area contributed by atoms with Crippen LogP contribution >= 0.6 is 0 Å². The first-order valence-electron chi connectivity index (χ1n) is 4.68. The summed E-state index contributed by atoms with van der Waals surface area (Å²) in [6, 6.07) is 0. The van der Waals surface area contributed by atoms with E-state index in [4.69, 9.17) is 9.16 Å². The monoisotopic (exact) mass is 204 g/mol. The molecule has 13 heavy (non-hydrogen) atoms. The van der Waals surface area contributed by atoms with Crippen molar-refractivity contribution < 1.29 is 14.0 Å². The zero-order valence-corrected chi connectivity index (χ0v) is 10.2. The summed E-state index contributed by atoms with van der Waals surface area (Å²) < 4.78 is 10.5. The summed E-state index contributed by atoms with van der Waals surface area (Å²) in [5.41, 5.74) is 0. The minimum absolute atomic E-state index is 0.0225. The molecule has 0 aliphatic heterocycles. The van der Waals surface area contributed by atoms with Crippen LogP contribution in [0.5, 0.6) is 0 Å². The van der Waals surface area contributed by atoms with Crippen LogP contribution in [-0.2, 0) is 14.0 Å². The van der Waals surface area contributed by atoms with E-state index in [9.17, 15) is 4.79 Å². The highest BCUT2D eigenvalue weighted by Crippen LogP contribution is 2.09. The van der Waals surface area contributed by atoms with Crippen molar-refractivity contribution in [2.45, 2.75) is 46.0 Å². The van der Waals surface area contributed by atoms with Crippen molar-refractivity contribution in [1.29, 1.82) is 0 Å². The van der Waals surface area contributed by atoms with Gasteiger partial charge in [0.05, 0.1) is 19.1 Å². The summed E-state index contributed by atoms with van der Waals surface area (Å²) in [7, 11) is -1.52. The Hall–Kier alpha value is -0.353. The van der Waals surface area contributed by atoms with E-state index in [1.807, 2.05) is 13.8 Å². The van der Waals surface area contributed by atoms with E-state index >= 15 is 0 Å². The molecule has 3 nitrogen and oxygen atoms in total. The Morgan fingerprint density at radius 1 is 1.38 bits per heavy atom. The number of rotatable bonds is 5. The Labute approximate surface area is 81.6 Å². The van der Waals surface area contributed by atoms with Crippen molar-refractivity contribution in [1.82, 2.24) is 0 Å². The molecule has 0 heterocycles. The quantitative estimate of drug-likeness (QED) is 0.508. The third-order valence-corrected chi connectivity index (χ3v) is 2.42. The van der Waals surface area contributed by atoms with Gasteiger partial charge in [-0.25, -0.2) is 0 Å². The Balaban J connectivity index is 3.74. The number of esters is 1. The summed E-state index contributed by atoms with van der Waals surface area (Å²) in [4.78, 5) is 11.1. The third kappa shape index (κ3) is 7.99. The molecule has 0 amide bonds. The summed E-state index contributed by atoms with van der Waals surface area (Å²) in [5.74, 6) is -0.173. The van der Waals surface area contributed by atoms with Gasteiger partial charge in [0.25, 0.3) is 0 Å². The highest BCUT2D eigenvalue weighted by molar-refractivity contribution is 6.69. The maximum absolute atomic E-state index is 11.1. The second-order valence-corrected chi connectivity index (χ2v) is 8.51. The van der Waals surface area contributed by atoms with Crippen molar-refractivity contribution >= 4 is 14.3 Å². The van der Waals surface area contributed by atoms with Crippen molar-refractivity contribution in [3.63, 3.8) is 0 Å². The van der Waals surface area contributed by atoms with Crippen molar-refractivity contribution in [3.8, 4) is 0 Å². The zero-order valence-electron chi connectivity index (χ0n) is 9.22. The van der Waals surface area contributed by atoms with E-state index < -0.39 is 8.32 Å². The van der Waals surface area contributed by atoms with Gasteiger partial charge < -0.3 is 9.16 Å². The molecule has 0 unspecified atom stereocenters. The number of carbonyl (C=O) groups is 1. The highest BCUT2D eigenvalue weighted by Gasteiger charge is 2.20. The number of hydrogen-bond donors (Lipinski definition) is 0. The van der Waals surface area contributed by atoms with Crippen LogP contribution in [0.2, 0.25) is 19.6 Å². The van der Waals surface area contributed by atoms with Crippen LogP contribution in [0.4, 0.5) is 0 Å². The molecule has 0 bridgehead atoms. The molecule has 0 rings (SSSR count). The maximum atomic E-state index is 11.1. The standard InChI is InChI=1S/C9H20O3Si/c1-6-11-9(10)7-8(2)12-13(3,4)5/h8H,6-7H2,1-5H3/t8-/m0/s1. The molecule has 0 saturated heterocycles. The van der Waals surface area contributed by atoms with Crippen LogP contribution in [0.1, 0.15) is 20.3 Å². The average molecular weight is 204 g/mol. The first-order valence-corrected chi connectivity index (χ1v) is 8.09. The second-order valence-electron chi connectivity index (χ2n) is 4.05. The minimum Gasteiger partial charge on any atom is -0.466 e. The molecule has 0 aromatic carbocycles.